The average Bonchev–Trinajstić information content (AvgIpc) is 1.99. The fourth-order valence-electron chi connectivity index (χ4n) is 0.764. The molecule has 78 valence electrons. The predicted octanol–water partition coefficient (Wildman–Crippen LogP) is 3.05. The first-order valence-corrected chi connectivity index (χ1v) is 4.47. The van der Waals surface area contributed by atoms with Crippen LogP contribution >= 0.6 is 22.6 Å². The van der Waals surface area contributed by atoms with E-state index in [4.69, 9.17) is 0 Å². The zero-order chi connectivity index (χ0) is 10.8. The summed E-state index contributed by atoms with van der Waals surface area (Å²) in [6, 6.07) is 2.41. The van der Waals surface area contributed by atoms with Crippen molar-refractivity contribution in [2.45, 2.75) is 13.0 Å². The summed E-state index contributed by atoms with van der Waals surface area (Å²) in [4.78, 5) is 3.32. The van der Waals surface area contributed by atoms with E-state index in [1.165, 1.54) is 6.07 Å². The van der Waals surface area contributed by atoms with Crippen LogP contribution in [0.1, 0.15) is 5.69 Å². The fourth-order valence-corrected chi connectivity index (χ4v) is 1.39. The lowest BCUT2D eigenvalue weighted by molar-refractivity contribution is -0.276. The molecule has 0 bridgehead atoms. The van der Waals surface area contributed by atoms with Crippen molar-refractivity contribution in [1.82, 2.24) is 4.98 Å². The third kappa shape index (κ3) is 3.64. The number of nitrogens with zero attached hydrogens (tertiary/aromatic N) is 1. The van der Waals surface area contributed by atoms with Crippen molar-refractivity contribution in [3.05, 3.63) is 21.4 Å². The molecule has 2 nitrogen and oxygen atoms in total. The minimum Gasteiger partial charge on any atom is -0.388 e. The second-order valence-electron chi connectivity index (χ2n) is 2.30. The lowest BCUT2D eigenvalue weighted by atomic mass is 10.4. The van der Waals surface area contributed by atoms with Gasteiger partial charge in [0.1, 0.15) is 6.67 Å². The van der Waals surface area contributed by atoms with E-state index in [-0.39, 0.29) is 5.69 Å². The predicted molar refractivity (Wildman–Crippen MR) is 48.4 cm³/mol. The molecule has 0 amide bonds. The second kappa shape index (κ2) is 4.28. The monoisotopic (exact) mass is 321 g/mol. The third-order valence-corrected chi connectivity index (χ3v) is 1.80. The highest BCUT2D eigenvalue weighted by Gasteiger charge is 2.31. The van der Waals surface area contributed by atoms with E-state index < -0.39 is 18.9 Å². The summed E-state index contributed by atoms with van der Waals surface area (Å²) < 4.78 is 51.3. The molecular formula is C7H4F4INO. The standard InChI is InChI=1S/C7H4F4INO/c8-3-5-1-4(12)2-6(13-5)14-7(9,10)11/h1-2H,3H2. The highest BCUT2D eigenvalue weighted by Crippen LogP contribution is 2.23. The van der Waals surface area contributed by atoms with Crippen LogP contribution in [0.15, 0.2) is 12.1 Å². The van der Waals surface area contributed by atoms with Crippen LogP contribution in [0.2, 0.25) is 0 Å². The van der Waals surface area contributed by atoms with Gasteiger partial charge >= 0.3 is 6.36 Å². The Morgan fingerprint density at radius 1 is 1.36 bits per heavy atom. The normalized spacial score (nSPS) is 11.5. The van der Waals surface area contributed by atoms with Gasteiger partial charge in [-0.25, -0.2) is 9.37 Å². The van der Waals surface area contributed by atoms with Crippen LogP contribution in [0.4, 0.5) is 17.6 Å². The summed E-state index contributed by atoms with van der Waals surface area (Å²) >= 11 is 1.75. The highest BCUT2D eigenvalue weighted by molar-refractivity contribution is 14.1. The molecule has 0 saturated heterocycles. The highest BCUT2D eigenvalue weighted by atomic mass is 127. The molecule has 1 rings (SSSR count). The van der Waals surface area contributed by atoms with Crippen LogP contribution < -0.4 is 4.74 Å². The molecule has 0 atom stereocenters. The molecule has 0 radical (unpaired) electrons. The maximum absolute atomic E-state index is 12.1. The molecule has 0 N–H and O–H groups in total. The summed E-state index contributed by atoms with van der Waals surface area (Å²) in [6.07, 6.45) is -4.80. The molecule has 1 heterocycles. The smallest absolute Gasteiger partial charge is 0.388 e. The van der Waals surface area contributed by atoms with Gasteiger partial charge in [0.15, 0.2) is 0 Å². The molecule has 0 fully saturated rings. The summed E-state index contributed by atoms with van der Waals surface area (Å²) in [5.41, 5.74) is -0.0869. The molecule has 1 aromatic heterocycles. The number of halogens is 5. The molecular weight excluding hydrogens is 317 g/mol. The van der Waals surface area contributed by atoms with Crippen LogP contribution in [0.3, 0.4) is 0 Å². The Morgan fingerprint density at radius 3 is 2.50 bits per heavy atom. The fraction of sp³-hybridized carbons (Fsp3) is 0.286. The van der Waals surface area contributed by atoms with Crippen molar-refractivity contribution >= 4 is 22.6 Å². The van der Waals surface area contributed by atoms with Gasteiger partial charge in [-0.05, 0) is 28.7 Å². The number of hydrogen-bond acceptors (Lipinski definition) is 2. The van der Waals surface area contributed by atoms with Crippen molar-refractivity contribution in [2.75, 3.05) is 0 Å². The Labute approximate surface area is 90.4 Å². The first-order chi connectivity index (χ1) is 6.40. The van der Waals surface area contributed by atoms with Gasteiger partial charge in [0.05, 0.1) is 5.69 Å². The summed E-state index contributed by atoms with van der Waals surface area (Å²) in [6.45, 7) is -0.926. The minimum atomic E-state index is -4.80. The Kier molecular flexibility index (Phi) is 3.51. The Bertz CT molecular complexity index is 328. The maximum atomic E-state index is 12.1. The zero-order valence-corrected chi connectivity index (χ0v) is 8.76. The lowest BCUT2D eigenvalue weighted by Crippen LogP contribution is -2.18. The van der Waals surface area contributed by atoms with Crippen molar-refractivity contribution < 1.29 is 22.3 Å². The summed E-state index contributed by atoms with van der Waals surface area (Å²) in [5, 5.41) is 0. The number of rotatable bonds is 2. The third-order valence-electron chi connectivity index (χ3n) is 1.18. The van der Waals surface area contributed by atoms with Crippen LogP contribution in [0.25, 0.3) is 0 Å². The van der Waals surface area contributed by atoms with E-state index in [1.54, 1.807) is 22.6 Å². The quantitative estimate of drug-likeness (QED) is 0.617. The lowest BCUT2D eigenvalue weighted by Gasteiger charge is -2.08. The molecule has 0 saturated carbocycles. The number of hydrogen-bond donors (Lipinski definition) is 0. The van der Waals surface area contributed by atoms with E-state index in [0.717, 1.165) is 6.07 Å². The molecule has 0 unspecified atom stereocenters. The molecule has 1 aromatic rings. The number of alkyl halides is 4. The van der Waals surface area contributed by atoms with Gasteiger partial charge in [0.25, 0.3) is 0 Å². The Balaban J connectivity index is 2.92. The van der Waals surface area contributed by atoms with Crippen molar-refractivity contribution in [3.8, 4) is 5.88 Å². The van der Waals surface area contributed by atoms with Gasteiger partial charge in [-0.15, -0.1) is 13.2 Å². The first kappa shape index (κ1) is 11.5. The zero-order valence-electron chi connectivity index (χ0n) is 6.61. The minimum absolute atomic E-state index is 0.0869. The van der Waals surface area contributed by atoms with Crippen molar-refractivity contribution in [3.63, 3.8) is 0 Å². The average molecular weight is 321 g/mol. The SMILES string of the molecule is FCc1cc(I)cc(OC(F)(F)F)n1. The molecule has 7 heteroatoms. The van der Waals surface area contributed by atoms with Gasteiger partial charge in [0.2, 0.25) is 5.88 Å². The topological polar surface area (TPSA) is 22.1 Å². The Morgan fingerprint density at radius 2 is 2.00 bits per heavy atom. The molecule has 0 aromatic carbocycles. The number of pyridine rings is 1. The van der Waals surface area contributed by atoms with E-state index in [9.17, 15) is 17.6 Å². The van der Waals surface area contributed by atoms with E-state index >= 15 is 0 Å². The van der Waals surface area contributed by atoms with Gasteiger partial charge in [0, 0.05) is 9.64 Å². The molecule has 0 spiro atoms. The molecule has 0 aliphatic carbocycles. The molecule has 0 aliphatic heterocycles. The van der Waals surface area contributed by atoms with Gasteiger partial charge in [-0.1, -0.05) is 0 Å². The van der Waals surface area contributed by atoms with Crippen molar-refractivity contribution in [2.24, 2.45) is 0 Å². The Hall–Kier alpha value is -0.600. The van der Waals surface area contributed by atoms with E-state index in [1.807, 2.05) is 0 Å². The number of ether oxygens (including phenoxy) is 1. The van der Waals surface area contributed by atoms with Crippen LogP contribution in [0, 0.1) is 3.57 Å². The van der Waals surface area contributed by atoms with Gasteiger partial charge < -0.3 is 4.74 Å². The summed E-state index contributed by atoms with van der Waals surface area (Å²) in [7, 11) is 0. The van der Waals surface area contributed by atoms with Crippen LogP contribution in [-0.4, -0.2) is 11.3 Å². The van der Waals surface area contributed by atoms with Crippen LogP contribution in [-0.2, 0) is 6.67 Å². The van der Waals surface area contributed by atoms with E-state index in [0.29, 0.717) is 3.57 Å². The largest absolute Gasteiger partial charge is 0.574 e. The van der Waals surface area contributed by atoms with E-state index in [2.05, 4.69) is 9.72 Å². The van der Waals surface area contributed by atoms with Gasteiger partial charge in [-0.2, -0.15) is 0 Å². The van der Waals surface area contributed by atoms with Crippen LogP contribution in [0.5, 0.6) is 5.88 Å². The number of aromatic nitrogens is 1. The summed E-state index contributed by atoms with van der Waals surface area (Å²) in [5.74, 6) is -0.642. The second-order valence-corrected chi connectivity index (χ2v) is 3.54. The molecule has 0 aliphatic rings. The maximum Gasteiger partial charge on any atom is 0.574 e. The first-order valence-electron chi connectivity index (χ1n) is 3.39. The van der Waals surface area contributed by atoms with Crippen molar-refractivity contribution in [1.29, 1.82) is 0 Å². The molecule has 14 heavy (non-hydrogen) atoms. The van der Waals surface area contributed by atoms with Gasteiger partial charge in [-0.3, -0.25) is 0 Å².